The van der Waals surface area contributed by atoms with Gasteiger partial charge in [-0.2, -0.15) is 0 Å². The Morgan fingerprint density at radius 1 is 1.03 bits per heavy atom. The molecule has 0 aliphatic carbocycles. The summed E-state index contributed by atoms with van der Waals surface area (Å²) in [5.41, 5.74) is 2.95. The van der Waals surface area contributed by atoms with E-state index < -0.39 is 0 Å². The molecule has 8 heteroatoms. The number of ether oxygens (including phenoxy) is 3. The van der Waals surface area contributed by atoms with E-state index in [4.69, 9.17) is 14.2 Å². The first kappa shape index (κ1) is 22.4. The first-order chi connectivity index (χ1) is 14.9. The molecule has 0 fully saturated rings. The number of benzene rings is 2. The molecular weight excluding hydrogens is 398 g/mol. The minimum Gasteiger partial charge on any atom is -0.497 e. The summed E-state index contributed by atoms with van der Waals surface area (Å²) in [5.74, 6) is 1.69. The molecule has 0 atom stereocenters. The molecule has 1 aliphatic rings. The van der Waals surface area contributed by atoms with Crippen LogP contribution in [-0.4, -0.2) is 69.6 Å². The van der Waals surface area contributed by atoms with Crippen molar-refractivity contribution in [1.29, 1.82) is 0 Å². The van der Waals surface area contributed by atoms with Crippen LogP contribution in [0.3, 0.4) is 0 Å². The number of anilines is 1. The summed E-state index contributed by atoms with van der Waals surface area (Å²) in [5, 5.41) is 2.79. The second kappa shape index (κ2) is 10.2. The molecule has 0 radical (unpaired) electrons. The number of carbonyl (C=O) groups is 2. The van der Waals surface area contributed by atoms with E-state index in [1.807, 2.05) is 12.1 Å². The van der Waals surface area contributed by atoms with Crippen LogP contribution in [-0.2, 0) is 22.6 Å². The molecule has 0 aromatic heterocycles. The summed E-state index contributed by atoms with van der Waals surface area (Å²) in [6.45, 7) is 1.63. The maximum Gasteiger partial charge on any atom is 0.243 e. The number of likely N-dealkylation sites (N-methyl/N-ethyl adjacent to an activating group) is 1. The van der Waals surface area contributed by atoms with Crippen molar-refractivity contribution in [3.63, 3.8) is 0 Å². The molecule has 2 aromatic carbocycles. The van der Waals surface area contributed by atoms with Crippen molar-refractivity contribution in [3.8, 4) is 17.2 Å². The lowest BCUT2D eigenvalue weighted by Gasteiger charge is -2.30. The average Bonchev–Trinajstić information content (AvgIpc) is 2.77. The van der Waals surface area contributed by atoms with Crippen LogP contribution in [0.2, 0.25) is 0 Å². The molecule has 0 saturated carbocycles. The number of amides is 2. The van der Waals surface area contributed by atoms with E-state index in [1.165, 1.54) is 10.5 Å². The van der Waals surface area contributed by atoms with Crippen molar-refractivity contribution in [2.45, 2.75) is 13.0 Å². The monoisotopic (exact) mass is 427 g/mol. The molecule has 166 valence electrons. The van der Waals surface area contributed by atoms with E-state index in [2.05, 4.69) is 10.2 Å². The average molecular weight is 428 g/mol. The quantitative estimate of drug-likeness (QED) is 0.696. The molecule has 31 heavy (non-hydrogen) atoms. The van der Waals surface area contributed by atoms with Crippen molar-refractivity contribution >= 4 is 17.5 Å². The maximum absolute atomic E-state index is 12.7. The normalized spacial score (nSPS) is 13.2. The molecule has 8 nitrogen and oxygen atoms in total. The number of carbonyl (C=O) groups excluding carboxylic acids is 2. The Labute approximate surface area is 182 Å². The minimum absolute atomic E-state index is 0.0223. The second-order valence-electron chi connectivity index (χ2n) is 7.47. The van der Waals surface area contributed by atoms with Crippen LogP contribution in [0.25, 0.3) is 0 Å². The van der Waals surface area contributed by atoms with Gasteiger partial charge in [0.25, 0.3) is 0 Å². The standard InChI is InChI=1S/C23H29N3O5/c1-25(14-22(27)24-18-6-5-7-19(12-18)29-2)23(28)15-26-9-8-16-10-20(30-3)21(31-4)11-17(16)13-26/h5-7,10-12H,8-9,13-15H2,1-4H3,(H,24,27). The highest BCUT2D eigenvalue weighted by Gasteiger charge is 2.23. The third-order valence-corrected chi connectivity index (χ3v) is 5.32. The lowest BCUT2D eigenvalue weighted by molar-refractivity contribution is -0.134. The Balaban J connectivity index is 1.54. The zero-order valence-electron chi connectivity index (χ0n) is 18.4. The fourth-order valence-electron chi connectivity index (χ4n) is 3.59. The summed E-state index contributed by atoms with van der Waals surface area (Å²) < 4.78 is 15.9. The zero-order chi connectivity index (χ0) is 22.4. The molecule has 2 aromatic rings. The van der Waals surface area contributed by atoms with Crippen LogP contribution in [0, 0.1) is 0 Å². The van der Waals surface area contributed by atoms with Crippen LogP contribution in [0.4, 0.5) is 5.69 Å². The van der Waals surface area contributed by atoms with Crippen molar-refractivity contribution < 1.29 is 23.8 Å². The molecule has 0 unspecified atom stereocenters. The Morgan fingerprint density at radius 3 is 2.42 bits per heavy atom. The highest BCUT2D eigenvalue weighted by atomic mass is 16.5. The highest BCUT2D eigenvalue weighted by Crippen LogP contribution is 2.33. The van der Waals surface area contributed by atoms with Gasteiger partial charge in [0.2, 0.25) is 11.8 Å². The lowest BCUT2D eigenvalue weighted by atomic mass is 9.99. The summed E-state index contributed by atoms with van der Waals surface area (Å²) >= 11 is 0. The van der Waals surface area contributed by atoms with Crippen molar-refractivity contribution in [2.75, 3.05) is 53.3 Å². The van der Waals surface area contributed by atoms with E-state index >= 15 is 0 Å². The van der Waals surface area contributed by atoms with Gasteiger partial charge in [0.15, 0.2) is 11.5 Å². The van der Waals surface area contributed by atoms with Crippen molar-refractivity contribution in [1.82, 2.24) is 9.80 Å². The maximum atomic E-state index is 12.7. The molecule has 1 heterocycles. The molecule has 1 aliphatic heterocycles. The number of methoxy groups -OCH3 is 3. The SMILES string of the molecule is COc1cccc(NC(=O)CN(C)C(=O)CN2CCc3cc(OC)c(OC)cc3C2)c1. The third-order valence-electron chi connectivity index (χ3n) is 5.32. The van der Waals surface area contributed by atoms with Crippen LogP contribution in [0.5, 0.6) is 17.2 Å². The third kappa shape index (κ3) is 5.67. The number of hydrogen-bond donors (Lipinski definition) is 1. The van der Waals surface area contributed by atoms with E-state index in [0.29, 0.717) is 29.5 Å². The Hall–Kier alpha value is -3.26. The topological polar surface area (TPSA) is 80.3 Å². The van der Waals surface area contributed by atoms with Crippen molar-refractivity contribution in [2.24, 2.45) is 0 Å². The number of fused-ring (bicyclic) bond motifs is 1. The molecule has 0 bridgehead atoms. The lowest BCUT2D eigenvalue weighted by Crippen LogP contribution is -2.43. The molecule has 1 N–H and O–H groups in total. The second-order valence-corrected chi connectivity index (χ2v) is 7.47. The number of hydrogen-bond acceptors (Lipinski definition) is 6. The Bertz CT molecular complexity index is 947. The number of nitrogens with zero attached hydrogens (tertiary/aromatic N) is 2. The fraction of sp³-hybridized carbons (Fsp3) is 0.391. The van der Waals surface area contributed by atoms with Crippen molar-refractivity contribution in [3.05, 3.63) is 47.5 Å². The zero-order valence-corrected chi connectivity index (χ0v) is 18.4. The van der Waals surface area contributed by atoms with Gasteiger partial charge in [0.05, 0.1) is 34.4 Å². The molecule has 0 spiro atoms. The number of nitrogens with one attached hydrogen (secondary N) is 1. The van der Waals surface area contributed by atoms with Gasteiger partial charge < -0.3 is 24.4 Å². The van der Waals surface area contributed by atoms with Crippen LogP contribution in [0.1, 0.15) is 11.1 Å². The van der Waals surface area contributed by atoms with Gasteiger partial charge in [-0.25, -0.2) is 0 Å². The summed E-state index contributed by atoms with van der Waals surface area (Å²) in [6, 6.07) is 11.1. The predicted octanol–water partition coefficient (Wildman–Crippen LogP) is 2.17. The minimum atomic E-state index is -0.259. The van der Waals surface area contributed by atoms with Gasteiger partial charge in [0.1, 0.15) is 5.75 Å². The van der Waals surface area contributed by atoms with E-state index in [-0.39, 0.29) is 24.9 Å². The summed E-state index contributed by atoms with van der Waals surface area (Å²) in [6.07, 6.45) is 0.822. The smallest absolute Gasteiger partial charge is 0.243 e. The van der Waals surface area contributed by atoms with Gasteiger partial charge in [-0.3, -0.25) is 14.5 Å². The van der Waals surface area contributed by atoms with Gasteiger partial charge >= 0.3 is 0 Å². The molecular formula is C23H29N3O5. The first-order valence-corrected chi connectivity index (χ1v) is 10.1. The predicted molar refractivity (Wildman–Crippen MR) is 118 cm³/mol. The van der Waals surface area contributed by atoms with Crippen LogP contribution in [0.15, 0.2) is 36.4 Å². The largest absolute Gasteiger partial charge is 0.497 e. The van der Waals surface area contributed by atoms with Gasteiger partial charge in [0, 0.05) is 31.9 Å². The summed E-state index contributed by atoms with van der Waals surface area (Å²) in [4.78, 5) is 28.5. The molecule has 3 rings (SSSR count). The van der Waals surface area contributed by atoms with E-state index in [1.54, 1.807) is 52.6 Å². The van der Waals surface area contributed by atoms with Gasteiger partial charge in [-0.15, -0.1) is 0 Å². The Kier molecular flexibility index (Phi) is 7.36. The van der Waals surface area contributed by atoms with Gasteiger partial charge in [-0.05, 0) is 41.8 Å². The summed E-state index contributed by atoms with van der Waals surface area (Å²) in [7, 11) is 6.44. The highest BCUT2D eigenvalue weighted by molar-refractivity contribution is 5.94. The first-order valence-electron chi connectivity index (χ1n) is 10.1. The van der Waals surface area contributed by atoms with Crippen LogP contribution < -0.4 is 19.5 Å². The molecule has 2 amide bonds. The Morgan fingerprint density at radius 2 is 1.74 bits per heavy atom. The van der Waals surface area contributed by atoms with Gasteiger partial charge in [-0.1, -0.05) is 6.07 Å². The van der Waals surface area contributed by atoms with E-state index in [9.17, 15) is 9.59 Å². The van der Waals surface area contributed by atoms with E-state index in [0.717, 1.165) is 18.5 Å². The van der Waals surface area contributed by atoms with Crippen LogP contribution >= 0.6 is 0 Å². The fourth-order valence-corrected chi connectivity index (χ4v) is 3.59. The number of rotatable bonds is 8. The molecule has 0 saturated heterocycles.